The van der Waals surface area contributed by atoms with Gasteiger partial charge in [-0.05, 0) is 38.1 Å². The minimum absolute atomic E-state index is 0.0219. The molecule has 3 rings (SSSR count). The van der Waals surface area contributed by atoms with Crippen molar-refractivity contribution in [3.63, 3.8) is 0 Å². The van der Waals surface area contributed by atoms with E-state index in [0.29, 0.717) is 23.9 Å². The van der Waals surface area contributed by atoms with Crippen LogP contribution in [0.5, 0.6) is 0 Å². The van der Waals surface area contributed by atoms with Gasteiger partial charge >= 0.3 is 0 Å². The molecule has 1 fully saturated rings. The number of amides is 1. The summed E-state index contributed by atoms with van der Waals surface area (Å²) < 4.78 is 14.1. The van der Waals surface area contributed by atoms with Crippen molar-refractivity contribution in [3.05, 3.63) is 23.5 Å². The second-order valence-corrected chi connectivity index (χ2v) is 6.20. The van der Waals surface area contributed by atoms with Gasteiger partial charge in [0.1, 0.15) is 5.82 Å². The molecule has 108 valence electrons. The fourth-order valence-corrected chi connectivity index (χ4v) is 3.37. The number of nitrogens with one attached hydrogen (secondary N) is 3. The van der Waals surface area contributed by atoms with Crippen LogP contribution < -0.4 is 16.0 Å². The average Bonchev–Trinajstić information content (AvgIpc) is 2.46. The van der Waals surface area contributed by atoms with E-state index in [9.17, 15) is 9.18 Å². The smallest absolute Gasteiger partial charge is 0.234 e. The number of hydrogen-bond donors (Lipinski definition) is 3. The summed E-state index contributed by atoms with van der Waals surface area (Å²) in [6, 6.07) is 3.72. The molecule has 20 heavy (non-hydrogen) atoms. The quantitative estimate of drug-likeness (QED) is 0.795. The predicted octanol–water partition coefficient (Wildman–Crippen LogP) is 1.71. The summed E-state index contributed by atoms with van der Waals surface area (Å²) in [4.78, 5) is 12.2. The van der Waals surface area contributed by atoms with Gasteiger partial charge < -0.3 is 16.0 Å². The number of rotatable bonds is 3. The molecule has 2 heterocycles. The van der Waals surface area contributed by atoms with Crippen molar-refractivity contribution < 1.29 is 9.18 Å². The van der Waals surface area contributed by atoms with E-state index < -0.39 is 0 Å². The van der Waals surface area contributed by atoms with Crippen LogP contribution in [0.25, 0.3) is 0 Å². The average molecular weight is 295 g/mol. The third-order valence-electron chi connectivity index (χ3n) is 3.70. The molecule has 0 bridgehead atoms. The van der Waals surface area contributed by atoms with Crippen LogP contribution in [0, 0.1) is 5.82 Å². The van der Waals surface area contributed by atoms with Gasteiger partial charge in [0, 0.05) is 23.0 Å². The molecule has 1 aromatic carbocycles. The Morgan fingerprint density at radius 1 is 1.35 bits per heavy atom. The van der Waals surface area contributed by atoms with E-state index in [1.807, 2.05) is 0 Å². The van der Waals surface area contributed by atoms with E-state index in [1.54, 1.807) is 6.07 Å². The molecule has 1 aromatic rings. The van der Waals surface area contributed by atoms with Crippen LogP contribution in [0.2, 0.25) is 0 Å². The molecule has 0 unspecified atom stereocenters. The minimum Gasteiger partial charge on any atom is -0.324 e. The highest BCUT2D eigenvalue weighted by molar-refractivity contribution is 8.00. The molecule has 4 nitrogen and oxygen atoms in total. The van der Waals surface area contributed by atoms with Crippen molar-refractivity contribution in [2.45, 2.75) is 30.3 Å². The second kappa shape index (κ2) is 6.11. The lowest BCUT2D eigenvalue weighted by Crippen LogP contribution is -2.39. The number of thioether (sulfide) groups is 1. The highest BCUT2D eigenvalue weighted by atomic mass is 32.2. The number of piperidine rings is 1. The summed E-state index contributed by atoms with van der Waals surface area (Å²) in [5.41, 5.74) is 1.35. The van der Waals surface area contributed by atoms with Crippen LogP contribution in [0.3, 0.4) is 0 Å². The molecule has 0 aliphatic carbocycles. The number of carbonyl (C=O) groups is 1. The third-order valence-corrected chi connectivity index (χ3v) is 4.76. The lowest BCUT2D eigenvalue weighted by atomic mass is 10.1. The van der Waals surface area contributed by atoms with Crippen molar-refractivity contribution >= 4 is 23.4 Å². The molecule has 0 spiro atoms. The third kappa shape index (κ3) is 3.13. The Hall–Kier alpha value is -1.11. The Morgan fingerprint density at radius 2 is 2.15 bits per heavy atom. The van der Waals surface area contributed by atoms with Crippen LogP contribution in [0.4, 0.5) is 10.1 Å². The first-order valence-corrected chi connectivity index (χ1v) is 7.90. The zero-order valence-electron chi connectivity index (χ0n) is 11.2. The van der Waals surface area contributed by atoms with E-state index in [0.717, 1.165) is 36.5 Å². The first kappa shape index (κ1) is 13.9. The number of benzene rings is 1. The molecule has 6 heteroatoms. The van der Waals surface area contributed by atoms with Gasteiger partial charge in [0.05, 0.1) is 11.4 Å². The highest BCUT2D eigenvalue weighted by Crippen LogP contribution is 2.33. The molecule has 0 radical (unpaired) electrons. The van der Waals surface area contributed by atoms with Crippen LogP contribution in [0.1, 0.15) is 18.4 Å². The second-order valence-electron chi connectivity index (χ2n) is 5.18. The summed E-state index contributed by atoms with van der Waals surface area (Å²) in [5.74, 6) is 0.138. The van der Waals surface area contributed by atoms with Crippen LogP contribution in [0.15, 0.2) is 17.0 Å². The van der Waals surface area contributed by atoms with Gasteiger partial charge in [0.25, 0.3) is 0 Å². The zero-order chi connectivity index (χ0) is 13.9. The van der Waals surface area contributed by atoms with E-state index >= 15 is 0 Å². The lowest BCUT2D eigenvalue weighted by Gasteiger charge is -2.24. The summed E-state index contributed by atoms with van der Waals surface area (Å²) in [6.45, 7) is 2.53. The predicted molar refractivity (Wildman–Crippen MR) is 78.5 cm³/mol. The van der Waals surface area contributed by atoms with E-state index in [1.165, 1.54) is 17.8 Å². The SMILES string of the molecule is O=C1CSc2cc(F)c(CNC3CCNCC3)cc2N1. The largest absolute Gasteiger partial charge is 0.324 e. The minimum atomic E-state index is -0.200. The van der Waals surface area contributed by atoms with E-state index in [2.05, 4.69) is 16.0 Å². The Kier molecular flexibility index (Phi) is 4.24. The van der Waals surface area contributed by atoms with Gasteiger partial charge in [-0.2, -0.15) is 0 Å². The van der Waals surface area contributed by atoms with Gasteiger partial charge in [0.2, 0.25) is 5.91 Å². The van der Waals surface area contributed by atoms with Gasteiger partial charge in [-0.15, -0.1) is 11.8 Å². The fourth-order valence-electron chi connectivity index (χ4n) is 2.56. The number of hydrogen-bond acceptors (Lipinski definition) is 4. The normalized spacial score (nSPS) is 19.6. The summed E-state index contributed by atoms with van der Waals surface area (Å²) in [5, 5.41) is 9.50. The Morgan fingerprint density at radius 3 is 2.95 bits per heavy atom. The lowest BCUT2D eigenvalue weighted by molar-refractivity contribution is -0.113. The van der Waals surface area contributed by atoms with E-state index in [4.69, 9.17) is 0 Å². The number of carbonyl (C=O) groups excluding carboxylic acids is 1. The topological polar surface area (TPSA) is 53.2 Å². The molecule has 0 saturated carbocycles. The Labute approximate surface area is 121 Å². The van der Waals surface area contributed by atoms with Crippen molar-refractivity contribution in [3.8, 4) is 0 Å². The van der Waals surface area contributed by atoms with Gasteiger partial charge in [-0.1, -0.05) is 0 Å². The van der Waals surface area contributed by atoms with Gasteiger partial charge in [-0.3, -0.25) is 4.79 Å². The maximum absolute atomic E-state index is 14.1. The molecular weight excluding hydrogens is 277 g/mol. The van der Waals surface area contributed by atoms with Crippen LogP contribution in [-0.4, -0.2) is 30.8 Å². The Balaban J connectivity index is 1.69. The van der Waals surface area contributed by atoms with Crippen LogP contribution >= 0.6 is 11.8 Å². The van der Waals surface area contributed by atoms with Crippen molar-refractivity contribution in [2.24, 2.45) is 0 Å². The van der Waals surface area contributed by atoms with Crippen LogP contribution in [-0.2, 0) is 11.3 Å². The molecule has 0 aromatic heterocycles. The summed E-state index contributed by atoms with van der Waals surface area (Å²) in [7, 11) is 0. The fraction of sp³-hybridized carbons (Fsp3) is 0.500. The van der Waals surface area contributed by atoms with Crippen molar-refractivity contribution in [2.75, 3.05) is 24.2 Å². The van der Waals surface area contributed by atoms with Gasteiger partial charge in [-0.25, -0.2) is 4.39 Å². The molecule has 2 aliphatic heterocycles. The van der Waals surface area contributed by atoms with Crippen molar-refractivity contribution in [1.82, 2.24) is 10.6 Å². The zero-order valence-corrected chi connectivity index (χ0v) is 12.0. The molecule has 1 saturated heterocycles. The summed E-state index contributed by atoms with van der Waals surface area (Å²) in [6.07, 6.45) is 2.14. The first-order valence-electron chi connectivity index (χ1n) is 6.91. The highest BCUT2D eigenvalue weighted by Gasteiger charge is 2.19. The standard InChI is InChI=1S/C14H18FN3OS/c15-11-6-13-12(18-14(19)8-20-13)5-9(11)7-17-10-1-3-16-4-2-10/h5-6,10,16-17H,1-4,7-8H2,(H,18,19). The van der Waals surface area contributed by atoms with Crippen molar-refractivity contribution in [1.29, 1.82) is 0 Å². The number of fused-ring (bicyclic) bond motifs is 1. The monoisotopic (exact) mass is 295 g/mol. The molecular formula is C14H18FN3OS. The molecule has 1 amide bonds. The number of anilines is 1. The van der Waals surface area contributed by atoms with E-state index in [-0.39, 0.29) is 11.7 Å². The summed E-state index contributed by atoms with van der Waals surface area (Å²) >= 11 is 1.39. The van der Waals surface area contributed by atoms with Gasteiger partial charge in [0.15, 0.2) is 0 Å². The number of halogens is 1. The molecule has 2 aliphatic rings. The Bertz CT molecular complexity index is 517. The first-order chi connectivity index (χ1) is 9.72. The molecule has 0 atom stereocenters. The maximum atomic E-state index is 14.1. The molecule has 3 N–H and O–H groups in total. The maximum Gasteiger partial charge on any atom is 0.234 e.